The molecule has 2 aromatic rings. The number of alkyl halides is 6. The van der Waals surface area contributed by atoms with E-state index in [0.717, 1.165) is 6.08 Å². The smallest absolute Gasteiger partial charge is 0.416 e. The molecule has 3 aliphatic carbocycles. The Bertz CT molecular complexity index is 1680. The first-order chi connectivity index (χ1) is 20.1. The maximum atomic E-state index is 13.9. The molecule has 1 aliphatic heterocycles. The fourth-order valence-electron chi connectivity index (χ4n) is 6.64. The van der Waals surface area contributed by atoms with E-state index in [1.54, 1.807) is 6.08 Å². The molecule has 4 unspecified atom stereocenters. The topological polar surface area (TPSA) is 105 Å². The highest BCUT2D eigenvalue weighted by Crippen LogP contribution is 2.56. The molecule has 13 heteroatoms. The van der Waals surface area contributed by atoms with Gasteiger partial charge in [0.05, 0.1) is 34.6 Å². The van der Waals surface area contributed by atoms with Gasteiger partial charge in [0.25, 0.3) is 0 Å². The van der Waals surface area contributed by atoms with Crippen molar-refractivity contribution in [1.29, 1.82) is 0 Å². The van der Waals surface area contributed by atoms with E-state index in [-0.39, 0.29) is 47.1 Å². The molecule has 1 N–H and O–H groups in total. The number of allylic oxidation sites excluding steroid dienone is 6. The first-order valence-corrected chi connectivity index (χ1v) is 13.2. The van der Waals surface area contributed by atoms with E-state index < -0.39 is 82.8 Å². The van der Waals surface area contributed by atoms with Crippen molar-refractivity contribution in [3.63, 3.8) is 0 Å². The first kappa shape index (κ1) is 28.8. The van der Waals surface area contributed by atoms with Gasteiger partial charge in [0.1, 0.15) is 18.1 Å². The van der Waals surface area contributed by atoms with Crippen molar-refractivity contribution < 1.29 is 55.0 Å². The quantitative estimate of drug-likeness (QED) is 0.216. The van der Waals surface area contributed by atoms with Crippen LogP contribution in [0.1, 0.15) is 48.3 Å². The lowest BCUT2D eigenvalue weighted by Crippen LogP contribution is -2.39. The Morgan fingerprint density at radius 3 is 2.16 bits per heavy atom. The van der Waals surface area contributed by atoms with Gasteiger partial charge in [-0.05, 0) is 62.1 Å². The zero-order valence-electron chi connectivity index (χ0n) is 22.2. The maximum Gasteiger partial charge on any atom is 0.416 e. The second-order valence-electron chi connectivity index (χ2n) is 11.0. The summed E-state index contributed by atoms with van der Waals surface area (Å²) in [6.45, 7) is 1.01. The summed E-state index contributed by atoms with van der Waals surface area (Å²) in [4.78, 5) is 54.2. The number of aliphatic hydroxyl groups is 1. The van der Waals surface area contributed by atoms with Gasteiger partial charge in [-0.2, -0.15) is 26.3 Å². The average Bonchev–Trinajstić information content (AvgIpc) is 3.51. The average molecular weight is 605 g/mol. The minimum Gasteiger partial charge on any atom is -0.463 e. The van der Waals surface area contributed by atoms with Crippen molar-refractivity contribution in [3.8, 4) is 0 Å². The number of fused-ring (bicyclic) bond motifs is 3. The van der Waals surface area contributed by atoms with Crippen molar-refractivity contribution in [3.05, 3.63) is 87.4 Å². The molecule has 1 aromatic heterocycles. The van der Waals surface area contributed by atoms with E-state index >= 15 is 0 Å². The zero-order valence-corrected chi connectivity index (χ0v) is 22.2. The second-order valence-corrected chi connectivity index (χ2v) is 11.0. The van der Waals surface area contributed by atoms with Crippen molar-refractivity contribution in [2.45, 2.75) is 44.6 Å². The van der Waals surface area contributed by atoms with Crippen LogP contribution in [0.5, 0.6) is 0 Å². The molecular formula is C30H21F6NO6. The number of anilines is 1. The van der Waals surface area contributed by atoms with Gasteiger partial charge in [0.2, 0.25) is 11.8 Å². The molecule has 224 valence electrons. The van der Waals surface area contributed by atoms with Crippen LogP contribution in [-0.2, 0) is 38.1 Å². The SMILES string of the molecule is CC1=CC(=O)C2=C(C1=O)C(c1ccc(CO)o1)C1=CCC3C(=O)N(c4cc(C(F)(F)F)cc(C(F)(F)F)c4)C(=O)C3C1C2. The van der Waals surface area contributed by atoms with E-state index in [0.29, 0.717) is 22.6 Å². The van der Waals surface area contributed by atoms with Gasteiger partial charge in [-0.25, -0.2) is 4.90 Å². The predicted molar refractivity (Wildman–Crippen MR) is 135 cm³/mol. The van der Waals surface area contributed by atoms with Crippen LogP contribution < -0.4 is 4.90 Å². The highest BCUT2D eigenvalue weighted by atomic mass is 19.4. The molecule has 0 saturated carbocycles. The number of nitrogens with zero attached hydrogens (tertiary/aromatic N) is 1. The molecule has 1 aromatic carbocycles. The Morgan fingerprint density at radius 1 is 0.930 bits per heavy atom. The van der Waals surface area contributed by atoms with Crippen molar-refractivity contribution in [1.82, 2.24) is 0 Å². The fraction of sp³-hybridized carbons (Fsp3) is 0.333. The Kier molecular flexibility index (Phi) is 6.46. The number of Topliss-reactive ketones (excluding diaryl/α,β-unsaturated/α-hetero) is 1. The second kappa shape index (κ2) is 9.63. The molecule has 0 spiro atoms. The normalized spacial score (nSPS) is 25.9. The van der Waals surface area contributed by atoms with Crippen LogP contribution in [0.2, 0.25) is 0 Å². The Labute approximate surface area is 239 Å². The van der Waals surface area contributed by atoms with Gasteiger partial charge < -0.3 is 9.52 Å². The minimum absolute atomic E-state index is 0.0856. The van der Waals surface area contributed by atoms with E-state index in [1.165, 1.54) is 19.1 Å². The van der Waals surface area contributed by atoms with E-state index in [1.807, 2.05) is 0 Å². The summed E-state index contributed by atoms with van der Waals surface area (Å²) >= 11 is 0. The summed E-state index contributed by atoms with van der Waals surface area (Å²) in [6, 6.07) is 3.55. The predicted octanol–water partition coefficient (Wildman–Crippen LogP) is 5.44. The number of carbonyl (C=O) groups is 4. The Balaban J connectivity index is 1.46. The lowest BCUT2D eigenvalue weighted by molar-refractivity contribution is -0.143. The number of imide groups is 1. The number of benzene rings is 1. The summed E-state index contributed by atoms with van der Waals surface area (Å²) in [5.41, 5.74) is -3.35. The van der Waals surface area contributed by atoms with Crippen LogP contribution >= 0.6 is 0 Å². The maximum absolute atomic E-state index is 13.9. The summed E-state index contributed by atoms with van der Waals surface area (Å²) in [5, 5.41) is 9.54. The van der Waals surface area contributed by atoms with Gasteiger partial charge in [-0.15, -0.1) is 0 Å². The number of amides is 2. The molecule has 4 aliphatic rings. The molecule has 2 amide bonds. The van der Waals surface area contributed by atoms with Crippen molar-refractivity contribution in [2.75, 3.05) is 4.90 Å². The molecule has 7 nitrogen and oxygen atoms in total. The molecule has 1 saturated heterocycles. The molecule has 4 atom stereocenters. The van der Waals surface area contributed by atoms with Crippen LogP contribution in [0.25, 0.3) is 0 Å². The minimum atomic E-state index is -5.20. The third-order valence-corrected chi connectivity index (χ3v) is 8.52. The van der Waals surface area contributed by atoms with Crippen molar-refractivity contribution >= 4 is 29.1 Å². The number of halogens is 6. The highest BCUT2D eigenvalue weighted by molar-refractivity contribution is 6.25. The fourth-order valence-corrected chi connectivity index (χ4v) is 6.64. The number of hydrogen-bond donors (Lipinski definition) is 1. The summed E-state index contributed by atoms with van der Waals surface area (Å²) in [6.07, 6.45) is -7.85. The summed E-state index contributed by atoms with van der Waals surface area (Å²) in [5.74, 6) is -6.72. The Hall–Kier alpha value is -4.26. The van der Waals surface area contributed by atoms with E-state index in [2.05, 4.69) is 0 Å². The van der Waals surface area contributed by atoms with Gasteiger partial charge >= 0.3 is 12.4 Å². The number of rotatable bonds is 3. The first-order valence-electron chi connectivity index (χ1n) is 13.2. The molecule has 2 heterocycles. The number of carbonyl (C=O) groups excluding carboxylic acids is 4. The standard InChI is InChI=1S/C30H21F6NO6/c1-12-6-21(39)20-10-19-17(24(25(20)26(12)40)22-5-2-16(11-38)43-22)3-4-18-23(19)28(42)37(27(18)41)15-8-13(29(31,32)33)7-14(9-15)30(34,35)36/h2-3,5-9,18-19,23-24,38H,4,10-11H2,1H3. The van der Waals surface area contributed by atoms with Crippen LogP contribution in [-0.4, -0.2) is 28.5 Å². The van der Waals surface area contributed by atoms with Gasteiger partial charge in [0.15, 0.2) is 11.6 Å². The van der Waals surface area contributed by atoms with Gasteiger partial charge in [0, 0.05) is 16.7 Å². The number of hydrogen-bond acceptors (Lipinski definition) is 6. The van der Waals surface area contributed by atoms with Crippen LogP contribution in [0.15, 0.2) is 69.2 Å². The van der Waals surface area contributed by atoms with Gasteiger partial charge in [-0.1, -0.05) is 11.6 Å². The van der Waals surface area contributed by atoms with Crippen LogP contribution in [0, 0.1) is 17.8 Å². The molecule has 0 bridgehead atoms. The third kappa shape index (κ3) is 4.48. The molecule has 6 rings (SSSR count). The number of ketones is 2. The molecule has 43 heavy (non-hydrogen) atoms. The lowest BCUT2D eigenvalue weighted by Gasteiger charge is -2.41. The zero-order chi connectivity index (χ0) is 31.2. The Morgan fingerprint density at radius 2 is 1.58 bits per heavy atom. The van der Waals surface area contributed by atoms with Crippen molar-refractivity contribution in [2.24, 2.45) is 17.8 Å². The molecule has 1 fully saturated rings. The van der Waals surface area contributed by atoms with E-state index in [9.17, 15) is 50.6 Å². The summed E-state index contributed by atoms with van der Waals surface area (Å²) < 4.78 is 87.1. The summed E-state index contributed by atoms with van der Waals surface area (Å²) in [7, 11) is 0. The van der Waals surface area contributed by atoms with Gasteiger partial charge in [-0.3, -0.25) is 19.2 Å². The third-order valence-electron chi connectivity index (χ3n) is 8.52. The number of furan rings is 1. The van der Waals surface area contributed by atoms with Crippen LogP contribution in [0.4, 0.5) is 32.0 Å². The number of aliphatic hydroxyl groups excluding tert-OH is 1. The largest absolute Gasteiger partial charge is 0.463 e. The molecule has 0 radical (unpaired) electrons. The lowest BCUT2D eigenvalue weighted by atomic mass is 9.60. The highest BCUT2D eigenvalue weighted by Gasteiger charge is 2.57. The monoisotopic (exact) mass is 605 g/mol. The van der Waals surface area contributed by atoms with E-state index in [4.69, 9.17) is 4.42 Å². The molecular weight excluding hydrogens is 584 g/mol. The van der Waals surface area contributed by atoms with Crippen LogP contribution in [0.3, 0.4) is 0 Å².